The van der Waals surface area contributed by atoms with Gasteiger partial charge in [0.05, 0.1) is 5.69 Å². The molecule has 1 saturated carbocycles. The molecule has 148 valence electrons. The first-order valence-corrected chi connectivity index (χ1v) is 10.3. The van der Waals surface area contributed by atoms with Crippen molar-refractivity contribution in [1.29, 1.82) is 0 Å². The highest BCUT2D eigenvalue weighted by molar-refractivity contribution is 5.61. The number of fused-ring (bicyclic) bond motifs is 1. The van der Waals surface area contributed by atoms with E-state index in [1.807, 2.05) is 6.08 Å². The van der Waals surface area contributed by atoms with Crippen molar-refractivity contribution in [2.45, 2.75) is 58.3 Å². The second kappa shape index (κ2) is 8.61. The minimum Gasteiger partial charge on any atom is -0.370 e. The van der Waals surface area contributed by atoms with Gasteiger partial charge in [-0.2, -0.15) is 4.98 Å². The zero-order valence-corrected chi connectivity index (χ0v) is 16.6. The first kappa shape index (κ1) is 18.7. The van der Waals surface area contributed by atoms with E-state index in [2.05, 4.69) is 62.9 Å². The van der Waals surface area contributed by atoms with Crippen LogP contribution in [0.3, 0.4) is 0 Å². The van der Waals surface area contributed by atoms with E-state index in [0.29, 0.717) is 5.95 Å². The monoisotopic (exact) mass is 378 g/mol. The fourth-order valence-electron chi connectivity index (χ4n) is 3.43. The van der Waals surface area contributed by atoms with Gasteiger partial charge in [-0.05, 0) is 36.5 Å². The van der Waals surface area contributed by atoms with Gasteiger partial charge in [-0.1, -0.05) is 37.6 Å². The molecule has 0 bridgehead atoms. The lowest BCUT2D eigenvalue weighted by atomic mass is 10.1. The summed E-state index contributed by atoms with van der Waals surface area (Å²) in [5, 5.41) is 7.00. The molecule has 0 radical (unpaired) electrons. The Hall–Kier alpha value is -2.60. The van der Waals surface area contributed by atoms with Gasteiger partial charge in [0.25, 0.3) is 0 Å². The second-order valence-electron chi connectivity index (χ2n) is 7.77. The number of nitrogens with two attached hydrogens (primary N) is 1. The van der Waals surface area contributed by atoms with Crippen LogP contribution in [0.25, 0.3) is 6.08 Å². The van der Waals surface area contributed by atoms with Crippen LogP contribution < -0.4 is 16.4 Å². The van der Waals surface area contributed by atoms with Crippen LogP contribution in [-0.2, 0) is 19.6 Å². The first-order chi connectivity index (χ1) is 13.7. The standard InChI is InChI=1S/C22H30N6/c1-2-3-11-24-21-19-15-28(12-10-20(19)26-22(23)27-21)14-17-6-4-16(5-7-17)13-25-18-8-9-18/h4-7,10,12,18,25H,2-3,8-9,11,13-15H2,1H3,(H3,23,24,26,27). The van der Waals surface area contributed by atoms with Crippen LogP contribution in [0.4, 0.5) is 11.8 Å². The van der Waals surface area contributed by atoms with Crippen molar-refractivity contribution < 1.29 is 0 Å². The van der Waals surface area contributed by atoms with Crippen LogP contribution >= 0.6 is 0 Å². The van der Waals surface area contributed by atoms with E-state index >= 15 is 0 Å². The van der Waals surface area contributed by atoms with Crippen molar-refractivity contribution in [1.82, 2.24) is 20.2 Å². The summed E-state index contributed by atoms with van der Waals surface area (Å²) in [7, 11) is 0. The van der Waals surface area contributed by atoms with Crippen LogP contribution in [0, 0.1) is 0 Å². The Kier molecular flexibility index (Phi) is 5.76. The highest BCUT2D eigenvalue weighted by Crippen LogP contribution is 2.26. The SMILES string of the molecule is CCCCNc1nc(N)nc2c1CN(Cc1ccc(CNC3CC3)cc1)C=C2. The summed E-state index contributed by atoms with van der Waals surface area (Å²) in [6, 6.07) is 9.66. The zero-order valence-electron chi connectivity index (χ0n) is 16.6. The normalized spacial score (nSPS) is 15.5. The molecule has 6 nitrogen and oxygen atoms in total. The van der Waals surface area contributed by atoms with E-state index in [0.717, 1.165) is 62.1 Å². The van der Waals surface area contributed by atoms with E-state index < -0.39 is 0 Å². The summed E-state index contributed by atoms with van der Waals surface area (Å²) < 4.78 is 0. The number of nitrogens with one attached hydrogen (secondary N) is 2. The molecule has 2 aromatic rings. The van der Waals surface area contributed by atoms with E-state index in [-0.39, 0.29) is 0 Å². The summed E-state index contributed by atoms with van der Waals surface area (Å²) in [4.78, 5) is 11.1. The smallest absolute Gasteiger partial charge is 0.222 e. The van der Waals surface area contributed by atoms with Crippen LogP contribution in [0.1, 0.15) is 55.0 Å². The molecule has 4 N–H and O–H groups in total. The molecule has 0 amide bonds. The van der Waals surface area contributed by atoms with Gasteiger partial charge in [-0.25, -0.2) is 4.98 Å². The van der Waals surface area contributed by atoms with Crippen LogP contribution in [0.15, 0.2) is 30.5 Å². The summed E-state index contributed by atoms with van der Waals surface area (Å²) in [6.45, 7) is 5.70. The van der Waals surface area contributed by atoms with Gasteiger partial charge in [0.15, 0.2) is 0 Å². The Morgan fingerprint density at radius 2 is 1.93 bits per heavy atom. The number of rotatable bonds is 9. The molecule has 0 saturated heterocycles. The molecule has 0 unspecified atom stereocenters. The Bertz CT molecular complexity index is 826. The Morgan fingerprint density at radius 3 is 2.68 bits per heavy atom. The number of hydrogen-bond acceptors (Lipinski definition) is 6. The van der Waals surface area contributed by atoms with Crippen LogP contribution in [-0.4, -0.2) is 27.5 Å². The van der Waals surface area contributed by atoms with Gasteiger partial charge in [0.2, 0.25) is 5.95 Å². The van der Waals surface area contributed by atoms with Crippen molar-refractivity contribution in [3.05, 3.63) is 52.8 Å². The molecule has 0 atom stereocenters. The summed E-state index contributed by atoms with van der Waals surface area (Å²) in [5.41, 5.74) is 10.6. The van der Waals surface area contributed by atoms with Crippen molar-refractivity contribution in [2.24, 2.45) is 0 Å². The average molecular weight is 379 g/mol. The number of nitrogens with zero attached hydrogens (tertiary/aromatic N) is 3. The molecule has 28 heavy (non-hydrogen) atoms. The first-order valence-electron chi connectivity index (χ1n) is 10.3. The topological polar surface area (TPSA) is 79.1 Å². The maximum atomic E-state index is 5.89. The van der Waals surface area contributed by atoms with Crippen LogP contribution in [0.2, 0.25) is 0 Å². The predicted octanol–water partition coefficient (Wildman–Crippen LogP) is 3.51. The highest BCUT2D eigenvalue weighted by atomic mass is 15.1. The number of aromatic nitrogens is 2. The quantitative estimate of drug-likeness (QED) is 0.580. The van der Waals surface area contributed by atoms with Gasteiger partial charge in [-0.3, -0.25) is 0 Å². The average Bonchev–Trinajstić information content (AvgIpc) is 3.52. The van der Waals surface area contributed by atoms with Crippen molar-refractivity contribution in [2.75, 3.05) is 17.6 Å². The molecular weight excluding hydrogens is 348 g/mol. The minimum absolute atomic E-state index is 0.325. The number of anilines is 2. The third-order valence-corrected chi connectivity index (χ3v) is 5.26. The fraction of sp³-hybridized carbons (Fsp3) is 0.455. The molecule has 1 aromatic heterocycles. The molecule has 1 fully saturated rings. The lowest BCUT2D eigenvalue weighted by Crippen LogP contribution is -2.23. The van der Waals surface area contributed by atoms with Gasteiger partial charge < -0.3 is 21.3 Å². The molecule has 2 heterocycles. The lowest BCUT2D eigenvalue weighted by molar-refractivity contribution is 0.359. The zero-order chi connectivity index (χ0) is 19.3. The molecule has 6 heteroatoms. The number of unbranched alkanes of at least 4 members (excludes halogenated alkanes) is 1. The number of hydrogen-bond donors (Lipinski definition) is 3. The Balaban J connectivity index is 1.40. The second-order valence-corrected chi connectivity index (χ2v) is 7.77. The Morgan fingerprint density at radius 1 is 1.14 bits per heavy atom. The molecule has 1 aliphatic carbocycles. The maximum absolute atomic E-state index is 5.89. The summed E-state index contributed by atoms with van der Waals surface area (Å²) in [6.07, 6.45) is 9.05. The molecule has 2 aliphatic rings. The van der Waals surface area contributed by atoms with Crippen molar-refractivity contribution in [3.63, 3.8) is 0 Å². The summed E-state index contributed by atoms with van der Waals surface area (Å²) in [5.74, 6) is 1.19. The number of benzene rings is 1. The predicted molar refractivity (Wildman–Crippen MR) is 114 cm³/mol. The molecular formula is C22H30N6. The molecule has 0 spiro atoms. The van der Waals surface area contributed by atoms with E-state index in [9.17, 15) is 0 Å². The van der Waals surface area contributed by atoms with Crippen molar-refractivity contribution >= 4 is 17.8 Å². The largest absolute Gasteiger partial charge is 0.370 e. The maximum Gasteiger partial charge on any atom is 0.222 e. The van der Waals surface area contributed by atoms with E-state index in [1.54, 1.807) is 0 Å². The fourth-order valence-corrected chi connectivity index (χ4v) is 3.43. The van der Waals surface area contributed by atoms with Gasteiger partial charge in [0, 0.05) is 44.0 Å². The molecule has 1 aromatic carbocycles. The third-order valence-electron chi connectivity index (χ3n) is 5.26. The minimum atomic E-state index is 0.325. The van der Waals surface area contributed by atoms with Crippen LogP contribution in [0.5, 0.6) is 0 Å². The lowest BCUT2D eigenvalue weighted by Gasteiger charge is -2.26. The molecule has 1 aliphatic heterocycles. The van der Waals surface area contributed by atoms with E-state index in [1.165, 1.54) is 24.0 Å². The number of nitrogen functional groups attached to an aromatic ring is 1. The van der Waals surface area contributed by atoms with Gasteiger partial charge >= 0.3 is 0 Å². The van der Waals surface area contributed by atoms with Crippen molar-refractivity contribution in [3.8, 4) is 0 Å². The Labute approximate surface area is 167 Å². The van der Waals surface area contributed by atoms with Gasteiger partial charge in [0.1, 0.15) is 5.82 Å². The van der Waals surface area contributed by atoms with E-state index in [4.69, 9.17) is 5.73 Å². The third kappa shape index (κ3) is 4.81. The summed E-state index contributed by atoms with van der Waals surface area (Å²) >= 11 is 0. The molecule has 4 rings (SSSR count). The van der Waals surface area contributed by atoms with Gasteiger partial charge in [-0.15, -0.1) is 0 Å². The highest BCUT2D eigenvalue weighted by Gasteiger charge is 2.20.